The molecule has 0 aliphatic heterocycles. The maximum absolute atomic E-state index is 12.0. The first-order valence-corrected chi connectivity index (χ1v) is 7.34. The molecule has 1 rings (SSSR count). The van der Waals surface area contributed by atoms with Crippen LogP contribution in [0.3, 0.4) is 0 Å². The Labute approximate surface area is 119 Å². The molecule has 0 aliphatic carbocycles. The molecule has 0 unspecified atom stereocenters. The molecule has 20 heavy (non-hydrogen) atoms. The highest BCUT2D eigenvalue weighted by molar-refractivity contribution is 7.89. The molecule has 0 saturated heterocycles. The second-order valence-corrected chi connectivity index (χ2v) is 5.91. The lowest BCUT2D eigenvalue weighted by molar-refractivity contribution is -0.127. The average Bonchev–Trinajstić information content (AvgIpc) is 2.42. The van der Waals surface area contributed by atoms with Crippen molar-refractivity contribution >= 4 is 15.9 Å². The monoisotopic (exact) mass is 295 g/mol. The Morgan fingerprint density at radius 2 is 2.10 bits per heavy atom. The van der Waals surface area contributed by atoms with Crippen molar-refractivity contribution in [3.8, 4) is 11.8 Å². The SMILES string of the molecule is CN(C)C(=O)CNS(=O)(=O)c1cccc(C#CCN)c1. The van der Waals surface area contributed by atoms with E-state index in [4.69, 9.17) is 5.73 Å². The summed E-state index contributed by atoms with van der Waals surface area (Å²) in [5, 5.41) is 0. The predicted octanol–water partition coefficient (Wildman–Crippen LogP) is -0.637. The van der Waals surface area contributed by atoms with Gasteiger partial charge in [0.15, 0.2) is 0 Å². The molecular weight excluding hydrogens is 278 g/mol. The van der Waals surface area contributed by atoms with E-state index in [2.05, 4.69) is 16.6 Å². The van der Waals surface area contributed by atoms with Crippen molar-refractivity contribution < 1.29 is 13.2 Å². The van der Waals surface area contributed by atoms with E-state index in [9.17, 15) is 13.2 Å². The Bertz CT molecular complexity index is 642. The Morgan fingerprint density at radius 3 is 2.70 bits per heavy atom. The van der Waals surface area contributed by atoms with Gasteiger partial charge in [0, 0.05) is 19.7 Å². The second-order valence-electron chi connectivity index (χ2n) is 4.15. The molecule has 1 aromatic rings. The van der Waals surface area contributed by atoms with Crippen LogP contribution in [-0.4, -0.2) is 46.4 Å². The molecule has 0 aromatic heterocycles. The summed E-state index contributed by atoms with van der Waals surface area (Å²) in [6.07, 6.45) is 0. The minimum atomic E-state index is -3.73. The van der Waals surface area contributed by atoms with E-state index < -0.39 is 10.0 Å². The molecule has 1 aromatic carbocycles. The van der Waals surface area contributed by atoms with E-state index in [1.165, 1.54) is 17.0 Å². The molecule has 0 spiro atoms. The second kappa shape index (κ2) is 7.05. The number of nitrogens with one attached hydrogen (secondary N) is 1. The minimum Gasteiger partial charge on any atom is -0.348 e. The van der Waals surface area contributed by atoms with Crippen molar-refractivity contribution in [3.63, 3.8) is 0 Å². The van der Waals surface area contributed by atoms with Crippen molar-refractivity contribution in [1.82, 2.24) is 9.62 Å². The third-order valence-corrected chi connectivity index (χ3v) is 3.79. The molecule has 3 N–H and O–H groups in total. The molecule has 6 nitrogen and oxygen atoms in total. The van der Waals surface area contributed by atoms with Crippen LogP contribution in [0.2, 0.25) is 0 Å². The third kappa shape index (κ3) is 4.66. The smallest absolute Gasteiger partial charge is 0.241 e. The standard InChI is InChI=1S/C13H17N3O3S/c1-16(2)13(17)10-15-20(18,19)12-7-3-5-11(9-12)6-4-8-14/h3,5,7,9,15H,8,10,14H2,1-2H3. The molecule has 0 radical (unpaired) electrons. The van der Waals surface area contributed by atoms with Gasteiger partial charge in [-0.3, -0.25) is 4.79 Å². The van der Waals surface area contributed by atoms with Gasteiger partial charge >= 0.3 is 0 Å². The van der Waals surface area contributed by atoms with Gasteiger partial charge in [-0.1, -0.05) is 17.9 Å². The topological polar surface area (TPSA) is 92.5 Å². The average molecular weight is 295 g/mol. The summed E-state index contributed by atoms with van der Waals surface area (Å²) in [5.74, 6) is 5.08. The number of hydrogen-bond acceptors (Lipinski definition) is 4. The molecular formula is C13H17N3O3S. The Balaban J connectivity index is 2.90. The number of benzene rings is 1. The van der Waals surface area contributed by atoms with Crippen molar-refractivity contribution in [2.45, 2.75) is 4.90 Å². The van der Waals surface area contributed by atoms with Gasteiger partial charge in [-0.2, -0.15) is 0 Å². The normalized spacial score (nSPS) is 10.6. The molecule has 0 aliphatic rings. The van der Waals surface area contributed by atoms with Crippen LogP contribution in [0.15, 0.2) is 29.2 Å². The van der Waals surface area contributed by atoms with Gasteiger partial charge in [-0.05, 0) is 18.2 Å². The summed E-state index contributed by atoms with van der Waals surface area (Å²) < 4.78 is 26.3. The maximum Gasteiger partial charge on any atom is 0.241 e. The number of amides is 1. The van der Waals surface area contributed by atoms with E-state index >= 15 is 0 Å². The Hall–Kier alpha value is -1.88. The highest BCUT2D eigenvalue weighted by Gasteiger charge is 2.16. The zero-order valence-electron chi connectivity index (χ0n) is 11.4. The van der Waals surface area contributed by atoms with Crippen molar-refractivity contribution in [1.29, 1.82) is 0 Å². The number of rotatable bonds is 4. The number of nitrogens with zero attached hydrogens (tertiary/aromatic N) is 1. The first-order chi connectivity index (χ1) is 9.36. The molecule has 108 valence electrons. The fraction of sp³-hybridized carbons (Fsp3) is 0.308. The largest absolute Gasteiger partial charge is 0.348 e. The van der Waals surface area contributed by atoms with Crippen molar-refractivity contribution in [2.24, 2.45) is 5.73 Å². The molecule has 0 fully saturated rings. The van der Waals surface area contributed by atoms with Crippen LogP contribution in [0.4, 0.5) is 0 Å². The van der Waals surface area contributed by atoms with Crippen LogP contribution in [-0.2, 0) is 14.8 Å². The van der Waals surface area contributed by atoms with Crippen LogP contribution in [0.5, 0.6) is 0 Å². The van der Waals surface area contributed by atoms with E-state index in [1.807, 2.05) is 0 Å². The summed E-state index contributed by atoms with van der Waals surface area (Å²) >= 11 is 0. The van der Waals surface area contributed by atoms with E-state index in [1.54, 1.807) is 26.2 Å². The zero-order valence-corrected chi connectivity index (χ0v) is 12.2. The lowest BCUT2D eigenvalue weighted by atomic mass is 10.2. The predicted molar refractivity (Wildman–Crippen MR) is 76.3 cm³/mol. The maximum atomic E-state index is 12.0. The lowest BCUT2D eigenvalue weighted by Gasteiger charge is -2.11. The van der Waals surface area contributed by atoms with Crippen LogP contribution in [0.25, 0.3) is 0 Å². The summed E-state index contributed by atoms with van der Waals surface area (Å²) in [5.41, 5.74) is 5.82. The fourth-order valence-electron chi connectivity index (χ4n) is 1.29. The van der Waals surface area contributed by atoms with Crippen LogP contribution < -0.4 is 10.5 Å². The molecule has 7 heteroatoms. The van der Waals surface area contributed by atoms with Gasteiger partial charge in [0.05, 0.1) is 18.0 Å². The molecule has 0 bridgehead atoms. The fourth-order valence-corrected chi connectivity index (χ4v) is 2.31. The number of carbonyl (C=O) groups excluding carboxylic acids is 1. The number of sulfonamides is 1. The van der Waals surface area contributed by atoms with Gasteiger partial charge in [0.2, 0.25) is 15.9 Å². The number of nitrogens with two attached hydrogens (primary N) is 1. The quantitative estimate of drug-likeness (QED) is 0.723. The number of hydrogen-bond donors (Lipinski definition) is 2. The van der Waals surface area contributed by atoms with E-state index in [0.29, 0.717) is 5.56 Å². The Morgan fingerprint density at radius 1 is 1.40 bits per heavy atom. The van der Waals surface area contributed by atoms with Gasteiger partial charge in [-0.15, -0.1) is 0 Å². The van der Waals surface area contributed by atoms with Crippen molar-refractivity contribution in [3.05, 3.63) is 29.8 Å². The molecule has 1 amide bonds. The number of likely N-dealkylation sites (N-methyl/N-ethyl adjacent to an activating group) is 1. The van der Waals surface area contributed by atoms with Crippen LogP contribution in [0, 0.1) is 11.8 Å². The van der Waals surface area contributed by atoms with Gasteiger partial charge in [-0.25, -0.2) is 13.1 Å². The third-order valence-electron chi connectivity index (χ3n) is 2.39. The highest BCUT2D eigenvalue weighted by atomic mass is 32.2. The number of carbonyl (C=O) groups is 1. The summed E-state index contributed by atoms with van der Waals surface area (Å²) in [6.45, 7) is -0.0827. The first kappa shape index (κ1) is 16.2. The molecule has 0 saturated carbocycles. The summed E-state index contributed by atoms with van der Waals surface area (Å²) in [4.78, 5) is 12.8. The zero-order chi connectivity index (χ0) is 15.2. The van der Waals surface area contributed by atoms with Crippen LogP contribution in [0.1, 0.15) is 5.56 Å². The van der Waals surface area contributed by atoms with Crippen LogP contribution >= 0.6 is 0 Å². The first-order valence-electron chi connectivity index (χ1n) is 5.85. The Kier molecular flexibility index (Phi) is 5.70. The van der Waals surface area contributed by atoms with Gasteiger partial charge < -0.3 is 10.6 Å². The van der Waals surface area contributed by atoms with Gasteiger partial charge in [0.25, 0.3) is 0 Å². The lowest BCUT2D eigenvalue weighted by Crippen LogP contribution is -2.36. The van der Waals surface area contributed by atoms with Gasteiger partial charge in [0.1, 0.15) is 0 Å². The summed E-state index contributed by atoms with van der Waals surface area (Å²) in [6, 6.07) is 6.15. The van der Waals surface area contributed by atoms with E-state index in [0.717, 1.165) is 0 Å². The van der Waals surface area contributed by atoms with Crippen molar-refractivity contribution in [2.75, 3.05) is 27.2 Å². The minimum absolute atomic E-state index is 0.0628. The highest BCUT2D eigenvalue weighted by Crippen LogP contribution is 2.10. The molecule has 0 atom stereocenters. The summed E-state index contributed by atoms with van der Waals surface area (Å²) in [7, 11) is -0.622. The van der Waals surface area contributed by atoms with E-state index in [-0.39, 0.29) is 23.9 Å². The molecule has 0 heterocycles.